The highest BCUT2D eigenvalue weighted by molar-refractivity contribution is 6.33. The molecule has 0 fully saturated rings. The lowest BCUT2D eigenvalue weighted by Crippen LogP contribution is -2.13. The number of nitrogens with two attached hydrogens (primary N) is 1. The zero-order valence-corrected chi connectivity index (χ0v) is 11.7. The van der Waals surface area contributed by atoms with E-state index in [1.54, 1.807) is 13.3 Å². The third-order valence-corrected chi connectivity index (χ3v) is 3.36. The Morgan fingerprint density at radius 1 is 1.26 bits per heavy atom. The maximum atomic E-state index is 6.30. The summed E-state index contributed by atoms with van der Waals surface area (Å²) < 4.78 is 5.14. The van der Waals surface area contributed by atoms with E-state index < -0.39 is 0 Å². The van der Waals surface area contributed by atoms with Crippen molar-refractivity contribution in [3.05, 3.63) is 47.1 Å². The van der Waals surface area contributed by atoms with Crippen molar-refractivity contribution in [1.29, 1.82) is 0 Å². The summed E-state index contributed by atoms with van der Waals surface area (Å²) in [7, 11) is 3.55. The van der Waals surface area contributed by atoms with Crippen LogP contribution in [0.4, 0.5) is 11.5 Å². The van der Waals surface area contributed by atoms with Crippen molar-refractivity contribution in [2.45, 2.75) is 6.54 Å². The van der Waals surface area contributed by atoms with Crippen LogP contribution in [0.2, 0.25) is 5.02 Å². The average molecular weight is 278 g/mol. The van der Waals surface area contributed by atoms with Crippen molar-refractivity contribution < 1.29 is 4.74 Å². The summed E-state index contributed by atoms with van der Waals surface area (Å²) in [6.45, 7) is 0.394. The van der Waals surface area contributed by atoms with Gasteiger partial charge >= 0.3 is 0 Å². The maximum Gasteiger partial charge on any atom is 0.151 e. The Kier molecular flexibility index (Phi) is 4.24. The van der Waals surface area contributed by atoms with Crippen LogP contribution in [0.25, 0.3) is 0 Å². The van der Waals surface area contributed by atoms with Crippen molar-refractivity contribution in [3.8, 4) is 5.75 Å². The van der Waals surface area contributed by atoms with E-state index in [9.17, 15) is 0 Å². The number of aromatic nitrogens is 1. The normalized spacial score (nSPS) is 10.3. The van der Waals surface area contributed by atoms with Crippen LogP contribution in [0, 0.1) is 0 Å². The summed E-state index contributed by atoms with van der Waals surface area (Å²) in [4.78, 5) is 6.23. The van der Waals surface area contributed by atoms with Crippen molar-refractivity contribution in [3.63, 3.8) is 0 Å². The van der Waals surface area contributed by atoms with Crippen molar-refractivity contribution >= 4 is 23.1 Å². The number of pyridine rings is 1. The number of halogens is 1. The average Bonchev–Trinajstić information content (AvgIpc) is 2.47. The lowest BCUT2D eigenvalue weighted by molar-refractivity contribution is 0.415. The summed E-state index contributed by atoms with van der Waals surface area (Å²) in [5, 5.41) is 0.586. The largest absolute Gasteiger partial charge is 0.497 e. The molecular formula is C14H16ClN3O. The molecule has 0 unspecified atom stereocenters. The zero-order chi connectivity index (χ0) is 13.8. The zero-order valence-electron chi connectivity index (χ0n) is 10.9. The molecular weight excluding hydrogens is 262 g/mol. The van der Waals surface area contributed by atoms with E-state index in [1.165, 1.54) is 0 Å². The summed E-state index contributed by atoms with van der Waals surface area (Å²) in [5.41, 5.74) is 7.51. The van der Waals surface area contributed by atoms with Crippen molar-refractivity contribution in [2.24, 2.45) is 5.73 Å². The number of methoxy groups -OCH3 is 1. The van der Waals surface area contributed by atoms with Crippen LogP contribution in [-0.2, 0) is 6.54 Å². The third kappa shape index (κ3) is 2.80. The van der Waals surface area contributed by atoms with Gasteiger partial charge in [-0.25, -0.2) is 4.98 Å². The number of hydrogen-bond donors (Lipinski definition) is 1. The lowest BCUT2D eigenvalue weighted by Gasteiger charge is -2.20. The molecule has 0 bridgehead atoms. The molecule has 0 atom stereocenters. The highest BCUT2D eigenvalue weighted by atomic mass is 35.5. The molecule has 1 heterocycles. The fourth-order valence-electron chi connectivity index (χ4n) is 1.79. The van der Waals surface area contributed by atoms with Gasteiger partial charge in [0.15, 0.2) is 5.82 Å². The minimum atomic E-state index is 0.394. The standard InChI is InChI=1S/C14H16ClN3O/c1-18(11-3-5-12(19-2)6-4-11)14-13(15)10(9-16)7-8-17-14/h3-8H,9,16H2,1-2H3. The molecule has 0 radical (unpaired) electrons. The summed E-state index contributed by atoms with van der Waals surface area (Å²) in [6.07, 6.45) is 1.71. The second-order valence-corrected chi connectivity index (χ2v) is 4.45. The van der Waals surface area contributed by atoms with Crippen LogP contribution < -0.4 is 15.4 Å². The smallest absolute Gasteiger partial charge is 0.151 e. The van der Waals surface area contributed by atoms with Crippen molar-refractivity contribution in [2.75, 3.05) is 19.1 Å². The predicted molar refractivity (Wildman–Crippen MR) is 78.2 cm³/mol. The minimum Gasteiger partial charge on any atom is -0.497 e. The number of benzene rings is 1. The van der Waals surface area contributed by atoms with E-state index in [4.69, 9.17) is 22.1 Å². The van der Waals surface area contributed by atoms with E-state index >= 15 is 0 Å². The molecule has 2 rings (SSSR count). The van der Waals surface area contributed by atoms with E-state index in [0.29, 0.717) is 17.4 Å². The highest BCUT2D eigenvalue weighted by Crippen LogP contribution is 2.31. The van der Waals surface area contributed by atoms with Gasteiger partial charge in [0, 0.05) is 25.5 Å². The Balaban J connectivity index is 2.35. The van der Waals surface area contributed by atoms with Crippen LogP contribution in [0.15, 0.2) is 36.5 Å². The van der Waals surface area contributed by atoms with Gasteiger partial charge in [-0.05, 0) is 35.9 Å². The number of rotatable bonds is 4. The van der Waals surface area contributed by atoms with Gasteiger partial charge < -0.3 is 15.4 Å². The van der Waals surface area contributed by atoms with Crippen LogP contribution in [0.5, 0.6) is 5.75 Å². The predicted octanol–water partition coefficient (Wildman–Crippen LogP) is 2.97. The van der Waals surface area contributed by atoms with E-state index in [0.717, 1.165) is 17.0 Å². The molecule has 0 saturated carbocycles. The fourth-order valence-corrected chi connectivity index (χ4v) is 2.11. The molecule has 0 amide bonds. The first-order valence-electron chi connectivity index (χ1n) is 5.88. The quantitative estimate of drug-likeness (QED) is 0.933. The number of nitrogens with zero attached hydrogens (tertiary/aromatic N) is 2. The number of hydrogen-bond acceptors (Lipinski definition) is 4. The Hall–Kier alpha value is -1.78. The molecule has 0 aliphatic carbocycles. The first kappa shape index (κ1) is 13.6. The van der Waals surface area contributed by atoms with Gasteiger partial charge in [0.2, 0.25) is 0 Å². The highest BCUT2D eigenvalue weighted by Gasteiger charge is 2.12. The van der Waals surface area contributed by atoms with Crippen molar-refractivity contribution in [1.82, 2.24) is 4.98 Å². The Morgan fingerprint density at radius 2 is 1.95 bits per heavy atom. The second-order valence-electron chi connectivity index (χ2n) is 4.07. The molecule has 0 aliphatic heterocycles. The van der Waals surface area contributed by atoms with Gasteiger partial charge in [-0.3, -0.25) is 0 Å². The monoisotopic (exact) mass is 277 g/mol. The van der Waals surface area contributed by atoms with Gasteiger partial charge in [-0.2, -0.15) is 0 Å². The fraction of sp³-hybridized carbons (Fsp3) is 0.214. The third-order valence-electron chi connectivity index (χ3n) is 2.95. The SMILES string of the molecule is COc1ccc(N(C)c2nccc(CN)c2Cl)cc1. The Morgan fingerprint density at radius 3 is 2.53 bits per heavy atom. The Labute approximate surface area is 117 Å². The number of ether oxygens (including phenoxy) is 1. The summed E-state index contributed by atoms with van der Waals surface area (Å²) >= 11 is 6.30. The molecule has 1 aromatic carbocycles. The van der Waals surface area contributed by atoms with E-state index in [2.05, 4.69) is 4.98 Å². The first-order chi connectivity index (χ1) is 9.17. The maximum absolute atomic E-state index is 6.30. The molecule has 0 aliphatic rings. The molecule has 4 nitrogen and oxygen atoms in total. The lowest BCUT2D eigenvalue weighted by atomic mass is 10.2. The van der Waals surface area contributed by atoms with Crippen LogP contribution in [-0.4, -0.2) is 19.1 Å². The first-order valence-corrected chi connectivity index (χ1v) is 6.26. The molecule has 5 heteroatoms. The van der Waals surface area contributed by atoms with Gasteiger partial charge in [0.25, 0.3) is 0 Å². The van der Waals surface area contributed by atoms with Gasteiger partial charge in [0.05, 0.1) is 12.1 Å². The van der Waals surface area contributed by atoms with Gasteiger partial charge in [-0.15, -0.1) is 0 Å². The minimum absolute atomic E-state index is 0.394. The summed E-state index contributed by atoms with van der Waals surface area (Å²) in [6, 6.07) is 9.52. The number of anilines is 2. The molecule has 0 saturated heterocycles. The molecule has 0 spiro atoms. The molecule has 1 aromatic heterocycles. The molecule has 100 valence electrons. The van der Waals surface area contributed by atoms with Gasteiger partial charge in [0.1, 0.15) is 5.75 Å². The van der Waals surface area contributed by atoms with E-state index in [1.807, 2.05) is 42.3 Å². The topological polar surface area (TPSA) is 51.4 Å². The van der Waals surface area contributed by atoms with Crippen LogP contribution in [0.3, 0.4) is 0 Å². The molecule has 2 N–H and O–H groups in total. The van der Waals surface area contributed by atoms with E-state index in [-0.39, 0.29) is 0 Å². The Bertz CT molecular complexity index is 557. The second kappa shape index (κ2) is 5.91. The molecule has 2 aromatic rings. The van der Waals surface area contributed by atoms with Crippen LogP contribution in [0.1, 0.15) is 5.56 Å². The summed E-state index contributed by atoms with van der Waals surface area (Å²) in [5.74, 6) is 1.50. The van der Waals surface area contributed by atoms with Crippen LogP contribution >= 0.6 is 11.6 Å². The molecule has 19 heavy (non-hydrogen) atoms. The van der Waals surface area contributed by atoms with Gasteiger partial charge in [-0.1, -0.05) is 11.6 Å².